The van der Waals surface area contributed by atoms with Gasteiger partial charge in [-0.15, -0.1) is 0 Å². The Morgan fingerprint density at radius 3 is 2.75 bits per heavy atom. The van der Waals surface area contributed by atoms with Crippen LogP contribution in [0.1, 0.15) is 39.5 Å². The first kappa shape index (κ1) is 10.0. The lowest BCUT2D eigenvalue weighted by Crippen LogP contribution is -2.34. The maximum absolute atomic E-state index is 6.01. The zero-order valence-electron chi connectivity index (χ0n) is 8.34. The minimum atomic E-state index is 0.423. The Morgan fingerprint density at radius 2 is 2.08 bits per heavy atom. The van der Waals surface area contributed by atoms with Gasteiger partial charge in [-0.1, -0.05) is 13.8 Å². The van der Waals surface area contributed by atoms with E-state index in [1.165, 1.54) is 19.3 Å². The number of rotatable bonds is 2. The molecule has 0 radical (unpaired) electrons. The summed E-state index contributed by atoms with van der Waals surface area (Å²) in [6, 6.07) is 1.10. The van der Waals surface area contributed by atoms with Gasteiger partial charge in [0.2, 0.25) is 0 Å². The first-order valence-electron chi connectivity index (χ1n) is 5.21. The summed E-state index contributed by atoms with van der Waals surface area (Å²) >= 11 is 0. The number of hydrogen-bond acceptors (Lipinski definition) is 2. The van der Waals surface area contributed by atoms with Crippen molar-refractivity contribution >= 4 is 0 Å². The molecule has 3 N–H and O–H groups in total. The topological polar surface area (TPSA) is 38.0 Å². The van der Waals surface area contributed by atoms with E-state index in [0.29, 0.717) is 12.1 Å². The van der Waals surface area contributed by atoms with Crippen molar-refractivity contribution in [1.82, 2.24) is 5.32 Å². The van der Waals surface area contributed by atoms with Gasteiger partial charge in [0.1, 0.15) is 0 Å². The van der Waals surface area contributed by atoms with E-state index in [1.54, 1.807) is 0 Å². The van der Waals surface area contributed by atoms with Crippen LogP contribution < -0.4 is 11.1 Å². The molecule has 2 heteroatoms. The van der Waals surface area contributed by atoms with Crippen LogP contribution in [0.3, 0.4) is 0 Å². The minimum absolute atomic E-state index is 0.423. The van der Waals surface area contributed by atoms with Crippen LogP contribution in [0.4, 0.5) is 0 Å². The van der Waals surface area contributed by atoms with Gasteiger partial charge in [0.05, 0.1) is 0 Å². The summed E-state index contributed by atoms with van der Waals surface area (Å²) in [5, 5.41) is 3.50. The highest BCUT2D eigenvalue weighted by atomic mass is 14.9. The molecular weight excluding hydrogens is 148 g/mol. The summed E-state index contributed by atoms with van der Waals surface area (Å²) in [7, 11) is 0. The SMILES string of the molecule is CCN[C@@H]1CC[C@H](C)C[C@H](N)C1. The minimum Gasteiger partial charge on any atom is -0.328 e. The van der Waals surface area contributed by atoms with Crippen molar-refractivity contribution in [2.24, 2.45) is 11.7 Å². The molecule has 1 aliphatic rings. The molecule has 3 atom stereocenters. The predicted molar refractivity (Wildman–Crippen MR) is 53.1 cm³/mol. The summed E-state index contributed by atoms with van der Waals surface area (Å²) in [5.74, 6) is 0.823. The highest BCUT2D eigenvalue weighted by molar-refractivity contribution is 4.80. The normalized spacial score (nSPS) is 37.8. The third-order valence-electron chi connectivity index (χ3n) is 2.79. The van der Waals surface area contributed by atoms with Crippen molar-refractivity contribution in [3.63, 3.8) is 0 Å². The van der Waals surface area contributed by atoms with Gasteiger partial charge in [-0.2, -0.15) is 0 Å². The van der Waals surface area contributed by atoms with Crippen LogP contribution in [0.2, 0.25) is 0 Å². The maximum atomic E-state index is 6.01. The van der Waals surface area contributed by atoms with Gasteiger partial charge in [-0.25, -0.2) is 0 Å². The van der Waals surface area contributed by atoms with E-state index in [-0.39, 0.29) is 0 Å². The van der Waals surface area contributed by atoms with Crippen LogP contribution in [0.15, 0.2) is 0 Å². The molecule has 0 bridgehead atoms. The van der Waals surface area contributed by atoms with E-state index in [2.05, 4.69) is 19.2 Å². The van der Waals surface area contributed by atoms with Gasteiger partial charge >= 0.3 is 0 Å². The molecule has 0 aromatic rings. The third-order valence-corrected chi connectivity index (χ3v) is 2.79. The average molecular weight is 170 g/mol. The molecule has 0 heterocycles. The van der Waals surface area contributed by atoms with Gasteiger partial charge < -0.3 is 11.1 Å². The molecule has 0 unspecified atom stereocenters. The molecule has 0 amide bonds. The fourth-order valence-electron chi connectivity index (χ4n) is 2.17. The van der Waals surface area contributed by atoms with E-state index >= 15 is 0 Å². The summed E-state index contributed by atoms with van der Waals surface area (Å²) in [5.41, 5.74) is 6.01. The van der Waals surface area contributed by atoms with Gasteiger partial charge in [0.15, 0.2) is 0 Å². The van der Waals surface area contributed by atoms with Crippen LogP contribution in [0.5, 0.6) is 0 Å². The quantitative estimate of drug-likeness (QED) is 0.616. The number of nitrogens with two attached hydrogens (primary N) is 1. The lowest BCUT2D eigenvalue weighted by molar-refractivity contribution is 0.448. The van der Waals surface area contributed by atoms with Gasteiger partial charge in [-0.05, 0) is 38.1 Å². The molecule has 0 aliphatic heterocycles. The Hall–Kier alpha value is -0.0800. The molecular formula is C10H22N2. The van der Waals surface area contributed by atoms with Crippen molar-refractivity contribution in [3.05, 3.63) is 0 Å². The fraction of sp³-hybridized carbons (Fsp3) is 1.00. The van der Waals surface area contributed by atoms with Crippen molar-refractivity contribution in [2.75, 3.05) is 6.54 Å². The Balaban J connectivity index is 2.35. The zero-order chi connectivity index (χ0) is 8.97. The van der Waals surface area contributed by atoms with E-state index in [1.807, 2.05) is 0 Å². The predicted octanol–water partition coefficient (Wildman–Crippen LogP) is 1.50. The van der Waals surface area contributed by atoms with E-state index in [4.69, 9.17) is 5.73 Å². The van der Waals surface area contributed by atoms with Crippen molar-refractivity contribution in [2.45, 2.75) is 51.6 Å². The molecule has 0 aromatic heterocycles. The van der Waals surface area contributed by atoms with Crippen LogP contribution in [0.25, 0.3) is 0 Å². The fourth-order valence-corrected chi connectivity index (χ4v) is 2.17. The van der Waals surface area contributed by atoms with Gasteiger partial charge in [0, 0.05) is 12.1 Å². The highest BCUT2D eigenvalue weighted by Crippen LogP contribution is 2.21. The molecule has 0 spiro atoms. The van der Waals surface area contributed by atoms with Crippen LogP contribution in [-0.2, 0) is 0 Å². The van der Waals surface area contributed by atoms with E-state index in [0.717, 1.165) is 18.9 Å². The molecule has 72 valence electrons. The number of nitrogens with one attached hydrogen (secondary N) is 1. The highest BCUT2D eigenvalue weighted by Gasteiger charge is 2.20. The Labute approximate surface area is 75.9 Å². The third kappa shape index (κ3) is 3.11. The molecule has 0 saturated heterocycles. The first-order chi connectivity index (χ1) is 5.72. The molecule has 12 heavy (non-hydrogen) atoms. The van der Waals surface area contributed by atoms with Crippen molar-refractivity contribution < 1.29 is 0 Å². The zero-order valence-corrected chi connectivity index (χ0v) is 8.34. The Bertz CT molecular complexity index is 125. The lowest BCUT2D eigenvalue weighted by Gasteiger charge is -2.17. The summed E-state index contributed by atoms with van der Waals surface area (Å²) in [4.78, 5) is 0. The van der Waals surface area contributed by atoms with Crippen LogP contribution in [-0.4, -0.2) is 18.6 Å². The summed E-state index contributed by atoms with van der Waals surface area (Å²) in [6.45, 7) is 5.56. The maximum Gasteiger partial charge on any atom is 0.00817 e. The van der Waals surface area contributed by atoms with Crippen molar-refractivity contribution in [1.29, 1.82) is 0 Å². The Morgan fingerprint density at radius 1 is 1.33 bits per heavy atom. The first-order valence-corrected chi connectivity index (χ1v) is 5.21. The summed E-state index contributed by atoms with van der Waals surface area (Å²) in [6.07, 6.45) is 5.02. The van der Waals surface area contributed by atoms with Crippen LogP contribution in [0, 0.1) is 5.92 Å². The summed E-state index contributed by atoms with van der Waals surface area (Å²) < 4.78 is 0. The van der Waals surface area contributed by atoms with Crippen LogP contribution >= 0.6 is 0 Å². The standard InChI is InChI=1S/C10H22N2/c1-3-12-10-5-4-8(2)6-9(11)7-10/h8-10,12H,3-7,11H2,1-2H3/t8-,9-,10+/m0/s1. The van der Waals surface area contributed by atoms with Gasteiger partial charge in [-0.3, -0.25) is 0 Å². The molecule has 1 saturated carbocycles. The largest absolute Gasteiger partial charge is 0.328 e. The lowest BCUT2D eigenvalue weighted by atomic mass is 10.0. The second-order valence-electron chi connectivity index (χ2n) is 4.17. The van der Waals surface area contributed by atoms with E-state index in [9.17, 15) is 0 Å². The molecule has 2 nitrogen and oxygen atoms in total. The second kappa shape index (κ2) is 4.83. The van der Waals surface area contributed by atoms with E-state index < -0.39 is 0 Å². The van der Waals surface area contributed by atoms with Gasteiger partial charge in [0.25, 0.3) is 0 Å². The Kier molecular flexibility index (Phi) is 4.02. The molecule has 1 fully saturated rings. The average Bonchev–Trinajstić information content (AvgIpc) is 2.13. The molecule has 1 aliphatic carbocycles. The molecule has 0 aromatic carbocycles. The van der Waals surface area contributed by atoms with Crippen molar-refractivity contribution in [3.8, 4) is 0 Å². The molecule has 1 rings (SSSR count). The smallest absolute Gasteiger partial charge is 0.00817 e. The second-order valence-corrected chi connectivity index (χ2v) is 4.17. The monoisotopic (exact) mass is 170 g/mol. The number of hydrogen-bond donors (Lipinski definition) is 2.